The quantitative estimate of drug-likeness (QED) is 0.722. The third-order valence-corrected chi connectivity index (χ3v) is 6.27. The first-order valence-electron chi connectivity index (χ1n) is 7.83. The molecule has 1 amide bonds. The number of carbonyl (C=O) groups is 1. The number of sulfone groups is 1. The molecule has 2 aromatic heterocycles. The number of hydrogen-bond donors (Lipinski definition) is 2. The number of thiophene rings is 1. The van der Waals surface area contributed by atoms with Crippen molar-refractivity contribution in [2.75, 3.05) is 5.75 Å². The zero-order valence-electron chi connectivity index (χ0n) is 13.4. The van der Waals surface area contributed by atoms with E-state index in [9.17, 15) is 18.0 Å². The van der Waals surface area contributed by atoms with Crippen LogP contribution >= 0.6 is 11.3 Å². The number of H-pyrrole nitrogens is 1. The highest BCUT2D eigenvalue weighted by molar-refractivity contribution is 7.94. The van der Waals surface area contributed by atoms with E-state index in [1.54, 1.807) is 11.3 Å². The molecule has 1 aromatic carbocycles. The Kier molecular flexibility index (Phi) is 4.01. The monoisotopic (exact) mass is 386 g/mol. The molecule has 0 unspecified atom stereocenters. The standard InChI is InChI=1S/C18H14N2O4S2/c21-17(19-14-4-6-26(23,24)10-14)15-7-12-2-1-11(13-3-5-25-9-13)8-16(12)20-18(15)22/h1-9,14H,10H2,(H,19,21)(H,20,22)/t14-/m1/s1. The average Bonchev–Trinajstić information content (AvgIpc) is 3.23. The lowest BCUT2D eigenvalue weighted by atomic mass is 10.1. The van der Waals surface area contributed by atoms with Gasteiger partial charge in [0.05, 0.1) is 11.8 Å². The van der Waals surface area contributed by atoms with Gasteiger partial charge >= 0.3 is 0 Å². The Morgan fingerprint density at radius 1 is 1.19 bits per heavy atom. The second-order valence-electron chi connectivity index (χ2n) is 6.06. The van der Waals surface area contributed by atoms with Gasteiger partial charge in [0, 0.05) is 10.9 Å². The molecular weight excluding hydrogens is 372 g/mol. The van der Waals surface area contributed by atoms with Gasteiger partial charge in [-0.05, 0) is 51.5 Å². The zero-order chi connectivity index (χ0) is 18.3. The summed E-state index contributed by atoms with van der Waals surface area (Å²) in [6.45, 7) is 0. The van der Waals surface area contributed by atoms with Gasteiger partial charge in [-0.25, -0.2) is 8.42 Å². The Hall–Kier alpha value is -2.71. The van der Waals surface area contributed by atoms with Crippen LogP contribution in [0.25, 0.3) is 22.0 Å². The fourth-order valence-corrected chi connectivity index (χ4v) is 4.79. The van der Waals surface area contributed by atoms with E-state index in [1.165, 1.54) is 12.1 Å². The number of benzene rings is 1. The molecule has 4 rings (SSSR count). The largest absolute Gasteiger partial charge is 0.345 e. The zero-order valence-corrected chi connectivity index (χ0v) is 15.1. The molecule has 3 heterocycles. The summed E-state index contributed by atoms with van der Waals surface area (Å²) in [5, 5.41) is 8.37. The Balaban J connectivity index is 1.65. The smallest absolute Gasteiger partial charge is 0.261 e. The summed E-state index contributed by atoms with van der Waals surface area (Å²) in [6, 6.07) is 8.53. The molecular formula is C18H14N2O4S2. The van der Waals surface area contributed by atoms with Gasteiger partial charge in [0.15, 0.2) is 9.84 Å². The summed E-state index contributed by atoms with van der Waals surface area (Å²) in [5.41, 5.74) is 2.13. The lowest BCUT2D eigenvalue weighted by Crippen LogP contribution is -2.38. The number of amides is 1. The Morgan fingerprint density at radius 2 is 2.04 bits per heavy atom. The molecule has 0 spiro atoms. The van der Waals surface area contributed by atoms with E-state index in [0.717, 1.165) is 21.9 Å². The van der Waals surface area contributed by atoms with E-state index in [4.69, 9.17) is 0 Å². The minimum absolute atomic E-state index is 0.0431. The first-order chi connectivity index (χ1) is 12.4. The number of rotatable bonds is 3. The summed E-state index contributed by atoms with van der Waals surface area (Å²) >= 11 is 1.59. The molecule has 8 heteroatoms. The average molecular weight is 386 g/mol. The van der Waals surface area contributed by atoms with Gasteiger partial charge in [-0.3, -0.25) is 9.59 Å². The molecule has 0 saturated carbocycles. The maximum absolute atomic E-state index is 12.4. The van der Waals surface area contributed by atoms with Crippen molar-refractivity contribution in [1.82, 2.24) is 10.3 Å². The van der Waals surface area contributed by atoms with E-state index < -0.39 is 27.3 Å². The van der Waals surface area contributed by atoms with Crippen molar-refractivity contribution in [2.45, 2.75) is 6.04 Å². The highest BCUT2D eigenvalue weighted by Gasteiger charge is 2.24. The van der Waals surface area contributed by atoms with Gasteiger partial charge < -0.3 is 10.3 Å². The van der Waals surface area contributed by atoms with Crippen molar-refractivity contribution in [3.05, 3.63) is 68.5 Å². The van der Waals surface area contributed by atoms with Crippen LogP contribution in [0.15, 0.2) is 57.4 Å². The molecule has 0 radical (unpaired) electrons. The molecule has 0 fully saturated rings. The minimum atomic E-state index is -3.27. The molecule has 0 saturated heterocycles. The normalized spacial score (nSPS) is 18.2. The van der Waals surface area contributed by atoms with Crippen molar-refractivity contribution in [3.63, 3.8) is 0 Å². The predicted molar refractivity (Wildman–Crippen MR) is 102 cm³/mol. The van der Waals surface area contributed by atoms with Gasteiger partial charge in [-0.1, -0.05) is 12.1 Å². The van der Waals surface area contributed by atoms with Crippen molar-refractivity contribution in [2.24, 2.45) is 0 Å². The van der Waals surface area contributed by atoms with Crippen LogP contribution in [0.1, 0.15) is 10.4 Å². The van der Waals surface area contributed by atoms with E-state index >= 15 is 0 Å². The summed E-state index contributed by atoms with van der Waals surface area (Å²) in [5.74, 6) is -0.782. The number of pyridine rings is 1. The van der Waals surface area contributed by atoms with E-state index in [1.807, 2.05) is 35.0 Å². The molecule has 1 atom stereocenters. The van der Waals surface area contributed by atoms with Crippen molar-refractivity contribution in [1.29, 1.82) is 0 Å². The molecule has 132 valence electrons. The fourth-order valence-electron chi connectivity index (χ4n) is 2.89. The van der Waals surface area contributed by atoms with E-state index in [-0.39, 0.29) is 11.3 Å². The van der Waals surface area contributed by atoms with Crippen molar-refractivity contribution < 1.29 is 13.2 Å². The number of nitrogens with one attached hydrogen (secondary N) is 2. The SMILES string of the molecule is O=C(N[C@@H]1C=CS(=O)(=O)C1)c1cc2ccc(-c3ccsc3)cc2[nH]c1=O. The lowest BCUT2D eigenvalue weighted by Gasteiger charge is -2.10. The van der Waals surface area contributed by atoms with Crippen LogP contribution < -0.4 is 10.9 Å². The van der Waals surface area contributed by atoms with Gasteiger partial charge in [-0.2, -0.15) is 11.3 Å². The second kappa shape index (κ2) is 6.22. The Morgan fingerprint density at radius 3 is 2.73 bits per heavy atom. The van der Waals surface area contributed by atoms with Gasteiger partial charge in [0.25, 0.3) is 11.5 Å². The molecule has 0 aliphatic carbocycles. The maximum Gasteiger partial charge on any atom is 0.261 e. The Bertz CT molecular complexity index is 1190. The summed E-state index contributed by atoms with van der Waals surface area (Å²) in [6.07, 6.45) is 1.41. The van der Waals surface area contributed by atoms with Crippen LogP contribution in [-0.2, 0) is 9.84 Å². The van der Waals surface area contributed by atoms with Gasteiger partial charge in [0.2, 0.25) is 0 Å². The first kappa shape index (κ1) is 16.7. The van der Waals surface area contributed by atoms with Crippen LogP contribution in [0.2, 0.25) is 0 Å². The molecule has 26 heavy (non-hydrogen) atoms. The molecule has 6 nitrogen and oxygen atoms in total. The first-order valence-corrected chi connectivity index (χ1v) is 10.5. The van der Waals surface area contributed by atoms with Crippen LogP contribution in [0.4, 0.5) is 0 Å². The van der Waals surface area contributed by atoms with Crippen molar-refractivity contribution >= 4 is 38.0 Å². The van der Waals surface area contributed by atoms with Crippen LogP contribution in [0.3, 0.4) is 0 Å². The third-order valence-electron chi connectivity index (χ3n) is 4.19. The van der Waals surface area contributed by atoms with E-state index in [2.05, 4.69) is 10.3 Å². The lowest BCUT2D eigenvalue weighted by molar-refractivity contribution is 0.0946. The predicted octanol–water partition coefficient (Wildman–Crippen LogP) is 2.30. The molecule has 2 N–H and O–H groups in total. The van der Waals surface area contributed by atoms with Gasteiger partial charge in [-0.15, -0.1) is 0 Å². The van der Waals surface area contributed by atoms with Crippen LogP contribution in [0.5, 0.6) is 0 Å². The van der Waals surface area contributed by atoms with E-state index in [0.29, 0.717) is 5.52 Å². The number of hydrogen-bond acceptors (Lipinski definition) is 5. The summed E-state index contributed by atoms with van der Waals surface area (Å²) in [4.78, 5) is 27.4. The number of carbonyl (C=O) groups excluding carboxylic acids is 1. The second-order valence-corrected chi connectivity index (χ2v) is 8.78. The van der Waals surface area contributed by atoms with Crippen LogP contribution in [0, 0.1) is 0 Å². The molecule has 3 aromatic rings. The summed E-state index contributed by atoms with van der Waals surface area (Å²) < 4.78 is 22.8. The molecule has 1 aliphatic rings. The maximum atomic E-state index is 12.4. The summed E-state index contributed by atoms with van der Waals surface area (Å²) in [7, 11) is -3.27. The molecule has 0 bridgehead atoms. The van der Waals surface area contributed by atoms with Crippen molar-refractivity contribution in [3.8, 4) is 11.1 Å². The fraction of sp³-hybridized carbons (Fsp3) is 0.111. The third kappa shape index (κ3) is 3.21. The Labute approximate surface area is 153 Å². The topological polar surface area (TPSA) is 96.1 Å². The highest BCUT2D eigenvalue weighted by Crippen LogP contribution is 2.25. The molecule has 1 aliphatic heterocycles. The number of fused-ring (bicyclic) bond motifs is 1. The minimum Gasteiger partial charge on any atom is -0.345 e. The number of aromatic amines is 1. The van der Waals surface area contributed by atoms with Crippen LogP contribution in [-0.4, -0.2) is 31.1 Å². The highest BCUT2D eigenvalue weighted by atomic mass is 32.2. The number of aromatic nitrogens is 1. The van der Waals surface area contributed by atoms with Gasteiger partial charge in [0.1, 0.15) is 5.56 Å².